The number of aliphatic carboxylic acids is 1. The van der Waals surface area contributed by atoms with Crippen LogP contribution in [0.15, 0.2) is 0 Å². The van der Waals surface area contributed by atoms with Crippen molar-refractivity contribution in [3.8, 4) is 0 Å². The number of nitrogens with zero attached hydrogens (tertiary/aromatic N) is 1. The quantitative estimate of drug-likeness (QED) is 0.836. The van der Waals surface area contributed by atoms with E-state index < -0.39 is 11.5 Å². The fourth-order valence-corrected chi connectivity index (χ4v) is 3.47. The Balaban J connectivity index is 1.98. The summed E-state index contributed by atoms with van der Waals surface area (Å²) >= 11 is 0. The number of rotatable bonds is 3. The minimum atomic E-state index is -1.04. The highest BCUT2D eigenvalue weighted by Gasteiger charge is 2.42. The number of carbonyl (C=O) groups excluding carboxylic acids is 1. The average molecular weight is 282 g/mol. The van der Waals surface area contributed by atoms with Crippen molar-refractivity contribution in [1.29, 1.82) is 0 Å². The predicted octanol–water partition coefficient (Wildman–Crippen LogP) is 2.75. The molecule has 0 spiro atoms. The van der Waals surface area contributed by atoms with E-state index in [4.69, 9.17) is 0 Å². The molecular formula is C15H26N2O3. The van der Waals surface area contributed by atoms with Gasteiger partial charge in [0.1, 0.15) is 5.54 Å². The van der Waals surface area contributed by atoms with Crippen molar-refractivity contribution >= 4 is 12.0 Å². The molecule has 5 nitrogen and oxygen atoms in total. The lowest BCUT2D eigenvalue weighted by atomic mass is 9.82. The molecule has 2 rings (SSSR count). The van der Waals surface area contributed by atoms with Crippen molar-refractivity contribution in [1.82, 2.24) is 10.2 Å². The monoisotopic (exact) mass is 282 g/mol. The number of amides is 2. The first-order valence-corrected chi connectivity index (χ1v) is 7.83. The van der Waals surface area contributed by atoms with Gasteiger partial charge in [-0.2, -0.15) is 0 Å². The molecule has 2 fully saturated rings. The largest absolute Gasteiger partial charge is 0.480 e. The van der Waals surface area contributed by atoms with Crippen LogP contribution in [0.25, 0.3) is 0 Å². The highest BCUT2D eigenvalue weighted by atomic mass is 16.4. The van der Waals surface area contributed by atoms with E-state index >= 15 is 0 Å². The summed E-state index contributed by atoms with van der Waals surface area (Å²) in [4.78, 5) is 25.7. The van der Waals surface area contributed by atoms with Gasteiger partial charge in [-0.1, -0.05) is 38.5 Å². The van der Waals surface area contributed by atoms with Gasteiger partial charge in [-0.25, -0.2) is 9.59 Å². The number of hydrogen-bond acceptors (Lipinski definition) is 2. The van der Waals surface area contributed by atoms with Crippen molar-refractivity contribution < 1.29 is 14.7 Å². The van der Waals surface area contributed by atoms with Crippen molar-refractivity contribution in [3.05, 3.63) is 0 Å². The number of carboxylic acids is 1. The molecule has 2 N–H and O–H groups in total. The van der Waals surface area contributed by atoms with Crippen LogP contribution in [-0.2, 0) is 4.79 Å². The fraction of sp³-hybridized carbons (Fsp3) is 0.867. The van der Waals surface area contributed by atoms with Gasteiger partial charge >= 0.3 is 12.0 Å². The van der Waals surface area contributed by atoms with E-state index in [9.17, 15) is 14.7 Å². The Morgan fingerprint density at radius 1 is 1.05 bits per heavy atom. The first kappa shape index (κ1) is 15.1. The van der Waals surface area contributed by atoms with E-state index in [0.717, 1.165) is 44.9 Å². The lowest BCUT2D eigenvalue weighted by molar-refractivity contribution is -0.146. The van der Waals surface area contributed by atoms with Crippen LogP contribution in [0.3, 0.4) is 0 Å². The van der Waals surface area contributed by atoms with Gasteiger partial charge in [-0.3, -0.25) is 0 Å². The van der Waals surface area contributed by atoms with Gasteiger partial charge in [-0.15, -0.1) is 0 Å². The molecule has 0 radical (unpaired) electrons. The maximum Gasteiger partial charge on any atom is 0.329 e. The minimum absolute atomic E-state index is 0.221. The zero-order valence-corrected chi connectivity index (χ0v) is 12.4. The molecule has 0 atom stereocenters. The van der Waals surface area contributed by atoms with Crippen LogP contribution in [0, 0.1) is 0 Å². The van der Waals surface area contributed by atoms with Gasteiger partial charge in [0.15, 0.2) is 0 Å². The molecule has 114 valence electrons. The van der Waals surface area contributed by atoms with Crippen LogP contribution in [0.4, 0.5) is 4.79 Å². The molecule has 0 unspecified atom stereocenters. The molecule has 20 heavy (non-hydrogen) atoms. The van der Waals surface area contributed by atoms with Gasteiger partial charge in [-0.05, 0) is 25.7 Å². The van der Waals surface area contributed by atoms with Crippen LogP contribution >= 0.6 is 0 Å². The second-order valence-electron chi connectivity index (χ2n) is 6.28. The third-order valence-electron chi connectivity index (χ3n) is 4.91. The molecule has 2 aliphatic rings. The zero-order chi connectivity index (χ0) is 14.6. The number of hydrogen-bond donors (Lipinski definition) is 2. The van der Waals surface area contributed by atoms with Crippen molar-refractivity contribution in [2.45, 2.75) is 75.8 Å². The Labute approximate surface area is 120 Å². The second kappa shape index (κ2) is 6.46. The Morgan fingerprint density at radius 2 is 1.60 bits per heavy atom. The highest BCUT2D eigenvalue weighted by molar-refractivity contribution is 5.86. The Hall–Kier alpha value is -1.26. The summed E-state index contributed by atoms with van der Waals surface area (Å²) in [6, 6.07) is 0.0411. The van der Waals surface area contributed by atoms with Gasteiger partial charge in [0, 0.05) is 13.1 Å². The molecule has 0 aromatic rings. The Kier molecular flexibility index (Phi) is 4.89. The molecule has 2 aliphatic carbocycles. The van der Waals surface area contributed by atoms with Gasteiger partial charge in [0.25, 0.3) is 0 Å². The van der Waals surface area contributed by atoms with Gasteiger partial charge in [0.05, 0.1) is 0 Å². The first-order chi connectivity index (χ1) is 9.55. The number of urea groups is 1. The van der Waals surface area contributed by atoms with E-state index in [0.29, 0.717) is 12.8 Å². The molecule has 2 amide bonds. The molecule has 2 saturated carbocycles. The molecule has 0 aromatic carbocycles. The van der Waals surface area contributed by atoms with Crippen molar-refractivity contribution in [2.75, 3.05) is 7.05 Å². The lowest BCUT2D eigenvalue weighted by Gasteiger charge is -2.38. The summed E-state index contributed by atoms with van der Waals surface area (Å²) in [5.74, 6) is -0.886. The fourth-order valence-electron chi connectivity index (χ4n) is 3.47. The molecule has 5 heteroatoms. The maximum atomic E-state index is 12.4. The van der Waals surface area contributed by atoms with E-state index in [1.807, 2.05) is 0 Å². The zero-order valence-electron chi connectivity index (χ0n) is 12.4. The smallest absolute Gasteiger partial charge is 0.329 e. The van der Waals surface area contributed by atoms with Gasteiger partial charge in [0.2, 0.25) is 0 Å². The van der Waals surface area contributed by atoms with E-state index in [1.165, 1.54) is 6.42 Å². The van der Waals surface area contributed by atoms with E-state index in [-0.39, 0.29) is 12.1 Å². The van der Waals surface area contributed by atoms with Crippen LogP contribution in [0.5, 0.6) is 0 Å². The minimum Gasteiger partial charge on any atom is -0.480 e. The molecule has 0 saturated heterocycles. The van der Waals surface area contributed by atoms with Crippen LogP contribution < -0.4 is 5.32 Å². The van der Waals surface area contributed by atoms with Crippen LogP contribution in [-0.4, -0.2) is 40.6 Å². The summed E-state index contributed by atoms with van der Waals surface area (Å²) in [6.07, 6.45) is 9.53. The average Bonchev–Trinajstić information content (AvgIpc) is 2.48. The Morgan fingerprint density at radius 3 is 2.15 bits per heavy atom. The summed E-state index contributed by atoms with van der Waals surface area (Å²) in [7, 11) is 1.80. The molecule has 0 bridgehead atoms. The maximum absolute atomic E-state index is 12.4. The summed E-state index contributed by atoms with van der Waals surface area (Å²) in [6.45, 7) is 0. The van der Waals surface area contributed by atoms with Crippen molar-refractivity contribution in [3.63, 3.8) is 0 Å². The number of carboxylic acid groups (broad SMARTS) is 1. The topological polar surface area (TPSA) is 69.6 Å². The van der Waals surface area contributed by atoms with Crippen LogP contribution in [0.2, 0.25) is 0 Å². The standard InChI is InChI=1S/C15H26N2O3/c1-17(12-8-4-2-5-9-12)14(20)16-15(13(18)19)10-6-3-7-11-15/h12H,2-11H2,1H3,(H,16,20)(H,18,19). The van der Waals surface area contributed by atoms with Crippen LogP contribution in [0.1, 0.15) is 64.2 Å². The van der Waals surface area contributed by atoms with E-state index in [1.54, 1.807) is 11.9 Å². The Bertz CT molecular complexity index is 358. The summed E-state index contributed by atoms with van der Waals surface area (Å²) < 4.78 is 0. The van der Waals surface area contributed by atoms with E-state index in [2.05, 4.69) is 5.32 Å². The normalized spacial score (nSPS) is 23.1. The highest BCUT2D eigenvalue weighted by Crippen LogP contribution is 2.29. The molecule has 0 heterocycles. The third-order valence-corrected chi connectivity index (χ3v) is 4.91. The lowest BCUT2D eigenvalue weighted by Crippen LogP contribution is -2.59. The summed E-state index contributed by atoms with van der Waals surface area (Å²) in [5, 5.41) is 12.3. The molecule has 0 aromatic heterocycles. The summed E-state index contributed by atoms with van der Waals surface area (Å²) in [5.41, 5.74) is -1.04. The molecular weight excluding hydrogens is 256 g/mol. The first-order valence-electron chi connectivity index (χ1n) is 7.83. The van der Waals surface area contributed by atoms with Gasteiger partial charge < -0.3 is 15.3 Å². The SMILES string of the molecule is CN(C(=O)NC1(C(=O)O)CCCCC1)C1CCCCC1. The third kappa shape index (κ3) is 3.25. The number of nitrogens with one attached hydrogen (secondary N) is 1. The predicted molar refractivity (Wildman–Crippen MR) is 76.6 cm³/mol. The number of carbonyl (C=O) groups is 2. The molecule has 0 aliphatic heterocycles. The second-order valence-corrected chi connectivity index (χ2v) is 6.28. The van der Waals surface area contributed by atoms with Crippen molar-refractivity contribution in [2.24, 2.45) is 0 Å².